The Kier molecular flexibility index (Phi) is 7.96. The van der Waals surface area contributed by atoms with Crippen LogP contribution in [0.3, 0.4) is 0 Å². The van der Waals surface area contributed by atoms with Crippen LogP contribution in [0.1, 0.15) is 70.8 Å². The van der Waals surface area contributed by atoms with Gasteiger partial charge in [0.15, 0.2) is 0 Å². The molecule has 0 radical (unpaired) electrons. The van der Waals surface area contributed by atoms with Crippen LogP contribution in [0.2, 0.25) is 0 Å². The first kappa shape index (κ1) is 20.9. The van der Waals surface area contributed by atoms with Crippen LogP contribution in [-0.2, 0) is 11.2 Å². The van der Waals surface area contributed by atoms with E-state index in [1.807, 2.05) is 6.07 Å². The van der Waals surface area contributed by atoms with Crippen molar-refractivity contribution in [2.45, 2.75) is 71.6 Å². The maximum absolute atomic E-state index is 12.2. The smallest absolute Gasteiger partial charge is 0.224 e. The van der Waals surface area contributed by atoms with E-state index < -0.39 is 0 Å². The summed E-state index contributed by atoms with van der Waals surface area (Å²) in [5.74, 6) is 1.07. The third-order valence-corrected chi connectivity index (χ3v) is 5.76. The number of nitrogens with one attached hydrogen (secondary N) is 2. The van der Waals surface area contributed by atoms with Gasteiger partial charge in [-0.05, 0) is 68.3 Å². The number of anilines is 1. The van der Waals surface area contributed by atoms with Crippen molar-refractivity contribution in [2.24, 2.45) is 5.92 Å². The van der Waals surface area contributed by atoms with E-state index in [1.54, 1.807) is 0 Å². The molecular formula is C24H37N3O. The van der Waals surface area contributed by atoms with Crippen molar-refractivity contribution in [1.29, 1.82) is 0 Å². The number of fused-ring (bicyclic) bond motifs is 1. The van der Waals surface area contributed by atoms with Crippen molar-refractivity contribution in [3.8, 4) is 0 Å². The number of carbonyl (C=O) groups excluding carboxylic acids is 1. The molecule has 3 rings (SSSR count). The Hall–Kier alpha value is -1.81. The van der Waals surface area contributed by atoms with Gasteiger partial charge < -0.3 is 15.2 Å². The zero-order chi connectivity index (χ0) is 19.8. The molecule has 0 spiro atoms. The molecule has 1 amide bonds. The highest BCUT2D eigenvalue weighted by molar-refractivity contribution is 5.94. The molecule has 0 unspecified atom stereocenters. The molecule has 1 aliphatic rings. The molecule has 1 saturated carbocycles. The van der Waals surface area contributed by atoms with Crippen LogP contribution in [0.4, 0.5) is 5.69 Å². The molecule has 0 atom stereocenters. The molecule has 1 aromatic heterocycles. The molecule has 154 valence electrons. The Labute approximate surface area is 170 Å². The predicted molar refractivity (Wildman–Crippen MR) is 119 cm³/mol. The van der Waals surface area contributed by atoms with Crippen LogP contribution in [0, 0.1) is 5.92 Å². The summed E-state index contributed by atoms with van der Waals surface area (Å²) in [5, 5.41) is 4.33. The van der Waals surface area contributed by atoms with Gasteiger partial charge in [0.2, 0.25) is 5.91 Å². The highest BCUT2D eigenvalue weighted by Crippen LogP contribution is 2.30. The number of amides is 1. The van der Waals surface area contributed by atoms with Gasteiger partial charge in [0.25, 0.3) is 0 Å². The van der Waals surface area contributed by atoms with Gasteiger partial charge in [0.05, 0.1) is 0 Å². The van der Waals surface area contributed by atoms with E-state index in [0.717, 1.165) is 42.9 Å². The maximum Gasteiger partial charge on any atom is 0.224 e. The van der Waals surface area contributed by atoms with Crippen molar-refractivity contribution in [3.63, 3.8) is 0 Å². The summed E-state index contributed by atoms with van der Waals surface area (Å²) in [7, 11) is 0. The normalized spacial score (nSPS) is 14.1. The average molecular weight is 384 g/mol. The zero-order valence-electron chi connectivity index (χ0n) is 17.7. The van der Waals surface area contributed by atoms with Crippen LogP contribution in [0.25, 0.3) is 10.9 Å². The molecule has 2 aromatic rings. The first-order chi connectivity index (χ1) is 13.7. The van der Waals surface area contributed by atoms with Crippen LogP contribution in [0.5, 0.6) is 0 Å². The summed E-state index contributed by atoms with van der Waals surface area (Å²) < 4.78 is 0. The second kappa shape index (κ2) is 10.7. The number of hydrogen-bond acceptors (Lipinski definition) is 2. The van der Waals surface area contributed by atoms with Crippen LogP contribution >= 0.6 is 0 Å². The molecule has 28 heavy (non-hydrogen) atoms. The molecule has 1 heterocycles. The van der Waals surface area contributed by atoms with Crippen molar-refractivity contribution in [2.75, 3.05) is 25.0 Å². The molecule has 1 fully saturated rings. The van der Waals surface area contributed by atoms with Crippen LogP contribution < -0.4 is 5.32 Å². The molecule has 2 N–H and O–H groups in total. The first-order valence-corrected chi connectivity index (χ1v) is 11.3. The maximum atomic E-state index is 12.2. The largest absolute Gasteiger partial charge is 0.361 e. The van der Waals surface area contributed by atoms with E-state index in [0.29, 0.717) is 6.42 Å². The molecular weight excluding hydrogens is 346 g/mol. The Morgan fingerprint density at radius 1 is 1.14 bits per heavy atom. The molecule has 0 aliphatic heterocycles. The van der Waals surface area contributed by atoms with Gasteiger partial charge >= 0.3 is 0 Å². The number of unbranched alkanes of at least 4 members (excludes halogenated alkanes) is 3. The Balaban J connectivity index is 1.57. The molecule has 4 heteroatoms. The molecule has 1 aromatic carbocycles. The Bertz CT molecular complexity index is 747. The highest BCUT2D eigenvalue weighted by atomic mass is 16.1. The number of H-pyrrole nitrogens is 1. The summed E-state index contributed by atoms with van der Waals surface area (Å²) in [6.07, 6.45) is 12.4. The van der Waals surface area contributed by atoms with E-state index in [9.17, 15) is 4.79 Å². The number of aromatic amines is 1. The minimum absolute atomic E-state index is 0.131. The number of benzene rings is 1. The highest BCUT2D eigenvalue weighted by Gasteiger charge is 2.23. The van der Waals surface area contributed by atoms with Gasteiger partial charge in [-0.2, -0.15) is 0 Å². The van der Waals surface area contributed by atoms with Crippen LogP contribution in [0.15, 0.2) is 24.4 Å². The number of aromatic nitrogens is 1. The van der Waals surface area contributed by atoms with E-state index in [2.05, 4.69) is 47.4 Å². The fourth-order valence-electron chi connectivity index (χ4n) is 3.95. The molecule has 4 nitrogen and oxygen atoms in total. The minimum atomic E-state index is 0.131. The van der Waals surface area contributed by atoms with Gasteiger partial charge in [-0.1, -0.05) is 33.1 Å². The van der Waals surface area contributed by atoms with Gasteiger partial charge in [0, 0.05) is 42.3 Å². The predicted octanol–water partition coefficient (Wildman–Crippen LogP) is 5.74. The van der Waals surface area contributed by atoms with Crippen molar-refractivity contribution in [3.05, 3.63) is 30.0 Å². The molecule has 0 bridgehead atoms. The lowest BCUT2D eigenvalue weighted by atomic mass is 10.1. The lowest BCUT2D eigenvalue weighted by Gasteiger charge is -2.21. The number of carbonyl (C=O) groups is 1. The SMILES string of the molecule is CCCCCCC(=O)Nc1ccc2[nH]cc(CCN(CCC)CC3CC3)c2c1. The zero-order valence-corrected chi connectivity index (χ0v) is 17.7. The lowest BCUT2D eigenvalue weighted by Crippen LogP contribution is -2.29. The molecule has 1 aliphatic carbocycles. The van der Waals surface area contributed by atoms with Gasteiger partial charge in [0.1, 0.15) is 0 Å². The number of hydrogen-bond donors (Lipinski definition) is 2. The minimum Gasteiger partial charge on any atom is -0.361 e. The summed E-state index contributed by atoms with van der Waals surface area (Å²) in [5.41, 5.74) is 3.42. The van der Waals surface area contributed by atoms with E-state index >= 15 is 0 Å². The summed E-state index contributed by atoms with van der Waals surface area (Å²) >= 11 is 0. The fourth-order valence-corrected chi connectivity index (χ4v) is 3.95. The quantitative estimate of drug-likeness (QED) is 0.433. The van der Waals surface area contributed by atoms with Crippen molar-refractivity contribution >= 4 is 22.5 Å². The summed E-state index contributed by atoms with van der Waals surface area (Å²) in [4.78, 5) is 18.2. The second-order valence-corrected chi connectivity index (χ2v) is 8.43. The van der Waals surface area contributed by atoms with E-state index in [-0.39, 0.29) is 5.91 Å². The number of rotatable bonds is 13. The van der Waals surface area contributed by atoms with Crippen molar-refractivity contribution in [1.82, 2.24) is 9.88 Å². The monoisotopic (exact) mass is 383 g/mol. The lowest BCUT2D eigenvalue weighted by molar-refractivity contribution is -0.116. The second-order valence-electron chi connectivity index (χ2n) is 8.43. The van der Waals surface area contributed by atoms with Crippen molar-refractivity contribution < 1.29 is 4.79 Å². The van der Waals surface area contributed by atoms with Gasteiger partial charge in [-0.25, -0.2) is 0 Å². The topological polar surface area (TPSA) is 48.1 Å². The van der Waals surface area contributed by atoms with E-state index in [1.165, 1.54) is 56.1 Å². The van der Waals surface area contributed by atoms with Gasteiger partial charge in [-0.3, -0.25) is 4.79 Å². The van der Waals surface area contributed by atoms with E-state index in [4.69, 9.17) is 0 Å². The van der Waals surface area contributed by atoms with Crippen LogP contribution in [-0.4, -0.2) is 35.4 Å². The fraction of sp³-hybridized carbons (Fsp3) is 0.625. The first-order valence-electron chi connectivity index (χ1n) is 11.3. The average Bonchev–Trinajstić information content (AvgIpc) is 3.41. The summed E-state index contributed by atoms with van der Waals surface area (Å²) in [6.45, 7) is 8.03. The standard InChI is InChI=1S/C24H37N3O/c1-3-5-6-7-8-24(28)26-21-11-12-23-22(16-21)20(17-25-23)13-15-27(14-4-2)18-19-9-10-19/h11-12,16-17,19,25H,3-10,13-15,18H2,1-2H3,(H,26,28). The Morgan fingerprint density at radius 2 is 2.00 bits per heavy atom. The third kappa shape index (κ3) is 6.37. The number of nitrogens with zero attached hydrogens (tertiary/aromatic N) is 1. The Morgan fingerprint density at radius 3 is 2.75 bits per heavy atom. The molecule has 0 saturated heterocycles. The third-order valence-electron chi connectivity index (χ3n) is 5.76. The summed E-state index contributed by atoms with van der Waals surface area (Å²) in [6, 6.07) is 6.22. The van der Waals surface area contributed by atoms with Gasteiger partial charge in [-0.15, -0.1) is 0 Å².